The standard InChI is InChI=1S/C22H23FN4O3/c1-22(2)13-26(21(29)18-7-4-14-8-9-24-19(14)25-18)10-11-27(22)20(28)16-6-5-15(30-3)12-17(16)23/h4-9,12H,10-11,13H2,1-3H3,(H,24,25). The summed E-state index contributed by atoms with van der Waals surface area (Å²) in [5.74, 6) is -0.872. The topological polar surface area (TPSA) is 78.5 Å². The van der Waals surface area contributed by atoms with Gasteiger partial charge in [-0.15, -0.1) is 0 Å². The van der Waals surface area contributed by atoms with E-state index in [-0.39, 0.29) is 11.5 Å². The molecule has 0 atom stereocenters. The molecule has 1 aromatic carbocycles. The largest absolute Gasteiger partial charge is 0.497 e. The maximum Gasteiger partial charge on any atom is 0.272 e. The van der Waals surface area contributed by atoms with Gasteiger partial charge in [-0.2, -0.15) is 0 Å². The van der Waals surface area contributed by atoms with Gasteiger partial charge in [-0.05, 0) is 44.2 Å². The highest BCUT2D eigenvalue weighted by atomic mass is 19.1. The molecule has 1 aliphatic rings. The number of carbonyl (C=O) groups excluding carboxylic acids is 2. The Hall–Kier alpha value is -3.42. The van der Waals surface area contributed by atoms with E-state index in [1.54, 1.807) is 28.1 Å². The lowest BCUT2D eigenvalue weighted by molar-refractivity contribution is 0.0163. The van der Waals surface area contributed by atoms with Crippen molar-refractivity contribution >= 4 is 22.8 Å². The maximum absolute atomic E-state index is 14.4. The van der Waals surface area contributed by atoms with Crippen LogP contribution in [0, 0.1) is 5.82 Å². The molecule has 0 spiro atoms. The number of pyridine rings is 1. The summed E-state index contributed by atoms with van der Waals surface area (Å²) in [6.07, 6.45) is 1.78. The number of nitrogens with one attached hydrogen (secondary N) is 1. The van der Waals surface area contributed by atoms with Crippen LogP contribution in [0.4, 0.5) is 4.39 Å². The van der Waals surface area contributed by atoms with Gasteiger partial charge in [0.05, 0.1) is 18.2 Å². The molecule has 1 fully saturated rings. The summed E-state index contributed by atoms with van der Waals surface area (Å²) in [6.45, 7) is 4.70. The van der Waals surface area contributed by atoms with E-state index in [1.165, 1.54) is 19.2 Å². The van der Waals surface area contributed by atoms with Crippen molar-refractivity contribution in [1.82, 2.24) is 19.8 Å². The molecule has 0 bridgehead atoms. The Labute approximate surface area is 173 Å². The third-order valence-electron chi connectivity index (χ3n) is 5.47. The molecule has 1 N–H and O–H groups in total. The lowest BCUT2D eigenvalue weighted by Gasteiger charge is -2.47. The lowest BCUT2D eigenvalue weighted by atomic mass is 9.96. The zero-order chi connectivity index (χ0) is 21.5. The highest BCUT2D eigenvalue weighted by Crippen LogP contribution is 2.26. The van der Waals surface area contributed by atoms with Gasteiger partial charge in [-0.25, -0.2) is 9.37 Å². The van der Waals surface area contributed by atoms with Crippen LogP contribution in [0.25, 0.3) is 11.0 Å². The summed E-state index contributed by atoms with van der Waals surface area (Å²) >= 11 is 0. The van der Waals surface area contributed by atoms with Crippen LogP contribution in [-0.4, -0.2) is 63.9 Å². The second-order valence-electron chi connectivity index (χ2n) is 7.95. The molecule has 1 saturated heterocycles. The fourth-order valence-corrected chi connectivity index (χ4v) is 3.86. The fraction of sp³-hybridized carbons (Fsp3) is 0.318. The van der Waals surface area contributed by atoms with Crippen molar-refractivity contribution in [2.45, 2.75) is 19.4 Å². The first-order chi connectivity index (χ1) is 14.3. The molecule has 0 radical (unpaired) electrons. The summed E-state index contributed by atoms with van der Waals surface area (Å²) < 4.78 is 19.4. The molecular formula is C22H23FN4O3. The first-order valence-corrected chi connectivity index (χ1v) is 9.69. The Kier molecular flexibility index (Phi) is 4.93. The number of aromatic amines is 1. The molecule has 1 aliphatic heterocycles. The molecule has 8 heteroatoms. The van der Waals surface area contributed by atoms with Crippen LogP contribution in [-0.2, 0) is 0 Å². The first-order valence-electron chi connectivity index (χ1n) is 9.69. The van der Waals surface area contributed by atoms with Crippen LogP contribution in [0.2, 0.25) is 0 Å². The molecule has 0 saturated carbocycles. The molecule has 0 unspecified atom stereocenters. The van der Waals surface area contributed by atoms with Crippen molar-refractivity contribution < 1.29 is 18.7 Å². The van der Waals surface area contributed by atoms with Gasteiger partial charge in [0, 0.05) is 37.3 Å². The Bertz CT molecular complexity index is 1120. The van der Waals surface area contributed by atoms with Crippen LogP contribution in [0.1, 0.15) is 34.7 Å². The number of H-pyrrole nitrogens is 1. The molecule has 2 amide bonds. The summed E-state index contributed by atoms with van der Waals surface area (Å²) in [6, 6.07) is 9.63. The molecule has 2 aromatic heterocycles. The van der Waals surface area contributed by atoms with Gasteiger partial charge in [-0.3, -0.25) is 9.59 Å². The number of ether oxygens (including phenoxy) is 1. The molecule has 3 aromatic rings. The molecule has 3 heterocycles. The van der Waals surface area contributed by atoms with Gasteiger partial charge in [0.2, 0.25) is 0 Å². The molecule has 156 valence electrons. The molecular weight excluding hydrogens is 387 g/mol. The number of piperazine rings is 1. The van der Waals surface area contributed by atoms with Gasteiger partial charge >= 0.3 is 0 Å². The second kappa shape index (κ2) is 7.44. The summed E-state index contributed by atoms with van der Waals surface area (Å²) in [4.78, 5) is 36.7. The predicted octanol–water partition coefficient (Wildman–Crippen LogP) is 3.09. The number of rotatable bonds is 3. The van der Waals surface area contributed by atoms with Crippen LogP contribution in [0.5, 0.6) is 5.75 Å². The van der Waals surface area contributed by atoms with Crippen molar-refractivity contribution in [2.75, 3.05) is 26.7 Å². The summed E-state index contributed by atoms with van der Waals surface area (Å²) in [5.41, 5.74) is 0.321. The number of hydrogen-bond donors (Lipinski definition) is 1. The number of halogens is 1. The number of carbonyl (C=O) groups is 2. The minimum absolute atomic E-state index is 0.0116. The molecule has 4 rings (SSSR count). The van der Waals surface area contributed by atoms with Gasteiger partial charge in [0.15, 0.2) is 0 Å². The SMILES string of the molecule is COc1ccc(C(=O)N2CCN(C(=O)c3ccc4cc[nH]c4n3)CC2(C)C)c(F)c1. The van der Waals surface area contributed by atoms with Crippen LogP contribution in [0.15, 0.2) is 42.6 Å². The Balaban J connectivity index is 1.52. The number of fused-ring (bicyclic) bond motifs is 1. The first kappa shape index (κ1) is 19.9. The Morgan fingerprint density at radius 2 is 1.93 bits per heavy atom. The zero-order valence-corrected chi connectivity index (χ0v) is 17.1. The van der Waals surface area contributed by atoms with E-state index in [9.17, 15) is 14.0 Å². The highest BCUT2D eigenvalue weighted by Gasteiger charge is 2.39. The van der Waals surface area contributed by atoms with Crippen molar-refractivity contribution in [1.29, 1.82) is 0 Å². The normalized spacial score (nSPS) is 16.0. The average molecular weight is 410 g/mol. The fourth-order valence-electron chi connectivity index (χ4n) is 3.86. The summed E-state index contributed by atoms with van der Waals surface area (Å²) in [5, 5.41) is 0.934. The van der Waals surface area contributed by atoms with E-state index < -0.39 is 17.3 Å². The van der Waals surface area contributed by atoms with E-state index in [0.29, 0.717) is 36.7 Å². The highest BCUT2D eigenvalue weighted by molar-refractivity contribution is 5.97. The lowest BCUT2D eigenvalue weighted by Crippen LogP contribution is -2.62. The van der Waals surface area contributed by atoms with Gasteiger partial charge in [0.25, 0.3) is 11.8 Å². The zero-order valence-electron chi connectivity index (χ0n) is 17.1. The van der Waals surface area contributed by atoms with Crippen LogP contribution >= 0.6 is 0 Å². The third-order valence-corrected chi connectivity index (χ3v) is 5.47. The Morgan fingerprint density at radius 3 is 2.63 bits per heavy atom. The van der Waals surface area contributed by atoms with E-state index in [0.717, 1.165) is 5.39 Å². The summed E-state index contributed by atoms with van der Waals surface area (Å²) in [7, 11) is 1.44. The van der Waals surface area contributed by atoms with Gasteiger partial charge in [-0.1, -0.05) is 0 Å². The second-order valence-corrected chi connectivity index (χ2v) is 7.95. The van der Waals surface area contributed by atoms with Crippen molar-refractivity contribution in [2.24, 2.45) is 0 Å². The van der Waals surface area contributed by atoms with E-state index in [4.69, 9.17) is 4.74 Å². The quantitative estimate of drug-likeness (QED) is 0.720. The minimum atomic E-state index is -0.673. The number of benzene rings is 1. The van der Waals surface area contributed by atoms with Crippen LogP contribution in [0.3, 0.4) is 0 Å². The van der Waals surface area contributed by atoms with Crippen molar-refractivity contribution in [3.8, 4) is 5.75 Å². The third kappa shape index (κ3) is 3.49. The number of nitrogens with zero attached hydrogens (tertiary/aromatic N) is 3. The van der Waals surface area contributed by atoms with E-state index >= 15 is 0 Å². The maximum atomic E-state index is 14.4. The molecule has 0 aliphatic carbocycles. The number of aromatic nitrogens is 2. The van der Waals surface area contributed by atoms with Crippen LogP contribution < -0.4 is 4.74 Å². The van der Waals surface area contributed by atoms with Gasteiger partial charge < -0.3 is 19.5 Å². The number of hydrogen-bond acceptors (Lipinski definition) is 4. The smallest absolute Gasteiger partial charge is 0.272 e. The average Bonchev–Trinajstić information content (AvgIpc) is 3.19. The number of methoxy groups -OCH3 is 1. The van der Waals surface area contributed by atoms with Crippen molar-refractivity contribution in [3.05, 3.63) is 59.7 Å². The van der Waals surface area contributed by atoms with E-state index in [1.807, 2.05) is 26.0 Å². The van der Waals surface area contributed by atoms with Crippen molar-refractivity contribution in [3.63, 3.8) is 0 Å². The Morgan fingerprint density at radius 1 is 1.13 bits per heavy atom. The molecule has 7 nitrogen and oxygen atoms in total. The minimum Gasteiger partial charge on any atom is -0.497 e. The predicted molar refractivity (Wildman–Crippen MR) is 110 cm³/mol. The van der Waals surface area contributed by atoms with E-state index in [2.05, 4.69) is 9.97 Å². The monoisotopic (exact) mass is 410 g/mol. The number of amides is 2. The molecule has 30 heavy (non-hydrogen) atoms. The van der Waals surface area contributed by atoms with Gasteiger partial charge in [0.1, 0.15) is 22.9 Å².